The maximum atomic E-state index is 13.1. The van der Waals surface area contributed by atoms with Gasteiger partial charge in [0.1, 0.15) is 17.2 Å². The van der Waals surface area contributed by atoms with E-state index in [-0.39, 0.29) is 17.4 Å². The molecule has 1 aromatic carbocycles. The summed E-state index contributed by atoms with van der Waals surface area (Å²) in [5, 5.41) is 9.45. The van der Waals surface area contributed by atoms with Crippen molar-refractivity contribution in [1.82, 2.24) is 9.97 Å². The Labute approximate surface area is 140 Å². The summed E-state index contributed by atoms with van der Waals surface area (Å²) in [6.07, 6.45) is 6.92. The van der Waals surface area contributed by atoms with E-state index in [9.17, 15) is 14.3 Å². The topological polar surface area (TPSA) is 66.3 Å². The van der Waals surface area contributed by atoms with Gasteiger partial charge < -0.3 is 10.0 Å². The van der Waals surface area contributed by atoms with E-state index in [1.54, 1.807) is 12.1 Å². The van der Waals surface area contributed by atoms with Crippen molar-refractivity contribution in [2.45, 2.75) is 38.1 Å². The molecule has 0 saturated heterocycles. The zero-order valence-electron chi connectivity index (χ0n) is 13.6. The maximum Gasteiger partial charge on any atom is 0.341 e. The monoisotopic (exact) mass is 329 g/mol. The van der Waals surface area contributed by atoms with Gasteiger partial charge in [-0.25, -0.2) is 19.2 Å². The van der Waals surface area contributed by atoms with E-state index in [2.05, 4.69) is 9.97 Å². The third-order valence-corrected chi connectivity index (χ3v) is 4.56. The Morgan fingerprint density at radius 1 is 1.21 bits per heavy atom. The number of anilines is 1. The van der Waals surface area contributed by atoms with E-state index in [4.69, 9.17) is 0 Å². The number of aromatic carboxylic acids is 1. The third-order valence-electron chi connectivity index (χ3n) is 4.56. The van der Waals surface area contributed by atoms with Gasteiger partial charge in [-0.15, -0.1) is 0 Å². The van der Waals surface area contributed by atoms with Gasteiger partial charge in [0.25, 0.3) is 0 Å². The number of carboxylic acids is 1. The zero-order chi connectivity index (χ0) is 17.1. The Bertz CT molecular complexity index is 728. The van der Waals surface area contributed by atoms with Crippen LogP contribution in [0.25, 0.3) is 11.4 Å². The number of hydrogen-bond donors (Lipinski definition) is 1. The number of hydrogen-bond acceptors (Lipinski definition) is 4. The minimum atomic E-state index is -1.04. The van der Waals surface area contributed by atoms with Crippen LogP contribution >= 0.6 is 0 Å². The van der Waals surface area contributed by atoms with Crippen LogP contribution in [-0.2, 0) is 0 Å². The van der Waals surface area contributed by atoms with Gasteiger partial charge in [0.2, 0.25) is 0 Å². The van der Waals surface area contributed by atoms with Crippen LogP contribution in [0.3, 0.4) is 0 Å². The maximum absolute atomic E-state index is 13.1. The number of nitrogens with zero attached hydrogens (tertiary/aromatic N) is 3. The Morgan fingerprint density at radius 3 is 2.50 bits per heavy atom. The molecule has 0 spiro atoms. The highest BCUT2D eigenvalue weighted by Crippen LogP contribution is 2.28. The van der Waals surface area contributed by atoms with Crippen molar-refractivity contribution in [2.75, 3.05) is 11.9 Å². The van der Waals surface area contributed by atoms with Crippen LogP contribution in [-0.4, -0.2) is 34.1 Å². The Balaban J connectivity index is 1.99. The second kappa shape index (κ2) is 6.95. The average molecular weight is 329 g/mol. The van der Waals surface area contributed by atoms with Crippen molar-refractivity contribution in [3.8, 4) is 11.4 Å². The third kappa shape index (κ3) is 3.37. The number of carbonyl (C=O) groups is 1. The van der Waals surface area contributed by atoms with Gasteiger partial charge in [0, 0.05) is 24.8 Å². The lowest BCUT2D eigenvalue weighted by Gasteiger charge is -2.32. The molecule has 2 aromatic rings. The van der Waals surface area contributed by atoms with Crippen molar-refractivity contribution in [1.29, 1.82) is 0 Å². The largest absolute Gasteiger partial charge is 0.477 e. The predicted molar refractivity (Wildman–Crippen MR) is 89.7 cm³/mol. The van der Waals surface area contributed by atoms with Crippen molar-refractivity contribution in [2.24, 2.45) is 0 Å². The summed E-state index contributed by atoms with van der Waals surface area (Å²) in [6.45, 7) is 0. The molecule has 24 heavy (non-hydrogen) atoms. The first kappa shape index (κ1) is 16.4. The zero-order valence-corrected chi connectivity index (χ0v) is 13.6. The molecule has 0 radical (unpaired) electrons. The van der Waals surface area contributed by atoms with Gasteiger partial charge in [-0.3, -0.25) is 0 Å². The molecular weight excluding hydrogens is 309 g/mol. The van der Waals surface area contributed by atoms with Gasteiger partial charge in [-0.05, 0) is 37.1 Å². The van der Waals surface area contributed by atoms with Crippen molar-refractivity contribution in [3.05, 3.63) is 41.8 Å². The van der Waals surface area contributed by atoms with Crippen molar-refractivity contribution >= 4 is 11.8 Å². The lowest BCUT2D eigenvalue weighted by atomic mass is 9.94. The number of rotatable bonds is 4. The van der Waals surface area contributed by atoms with Crippen LogP contribution in [0.15, 0.2) is 30.5 Å². The molecule has 1 aliphatic rings. The summed E-state index contributed by atoms with van der Waals surface area (Å²) >= 11 is 0. The second-order valence-corrected chi connectivity index (χ2v) is 6.15. The molecule has 5 nitrogen and oxygen atoms in total. The van der Waals surface area contributed by atoms with E-state index in [0.29, 0.717) is 17.2 Å². The van der Waals surface area contributed by atoms with Crippen LogP contribution in [0.2, 0.25) is 0 Å². The van der Waals surface area contributed by atoms with E-state index >= 15 is 0 Å². The molecule has 1 fully saturated rings. The summed E-state index contributed by atoms with van der Waals surface area (Å²) in [4.78, 5) is 22.1. The average Bonchev–Trinajstić information content (AvgIpc) is 2.62. The molecule has 0 unspecified atom stereocenters. The smallest absolute Gasteiger partial charge is 0.341 e. The molecule has 6 heteroatoms. The van der Waals surface area contributed by atoms with E-state index in [1.807, 2.05) is 11.9 Å². The molecule has 0 aliphatic heterocycles. The van der Waals surface area contributed by atoms with Gasteiger partial charge >= 0.3 is 5.97 Å². The van der Waals surface area contributed by atoms with Crippen LogP contribution in [0.4, 0.5) is 10.2 Å². The van der Waals surface area contributed by atoms with Gasteiger partial charge in [-0.1, -0.05) is 19.3 Å². The highest BCUT2D eigenvalue weighted by molar-refractivity contribution is 5.93. The molecule has 0 bridgehead atoms. The van der Waals surface area contributed by atoms with Crippen LogP contribution in [0.1, 0.15) is 42.5 Å². The van der Waals surface area contributed by atoms with Crippen LogP contribution < -0.4 is 4.90 Å². The first-order valence-corrected chi connectivity index (χ1v) is 8.15. The second-order valence-electron chi connectivity index (χ2n) is 6.15. The molecule has 1 aromatic heterocycles. The molecule has 3 rings (SSSR count). The highest BCUT2D eigenvalue weighted by Gasteiger charge is 2.24. The molecule has 1 aliphatic carbocycles. The molecule has 0 amide bonds. The fourth-order valence-electron chi connectivity index (χ4n) is 3.17. The molecular formula is C18H20FN3O2. The number of halogens is 1. The summed E-state index contributed by atoms with van der Waals surface area (Å²) in [7, 11) is 1.89. The Hall–Kier alpha value is -2.50. The number of benzene rings is 1. The first-order chi connectivity index (χ1) is 11.6. The Morgan fingerprint density at radius 2 is 1.88 bits per heavy atom. The number of carboxylic acid groups (broad SMARTS) is 1. The van der Waals surface area contributed by atoms with Crippen LogP contribution in [0, 0.1) is 5.82 Å². The highest BCUT2D eigenvalue weighted by atomic mass is 19.1. The van der Waals surface area contributed by atoms with Gasteiger partial charge in [0.05, 0.1) is 0 Å². The molecule has 1 N–H and O–H groups in total. The SMILES string of the molecule is CN(c1nc(-c2ccc(F)cc2)ncc1C(=O)O)C1CCCCC1. The minimum absolute atomic E-state index is 0.0916. The minimum Gasteiger partial charge on any atom is -0.477 e. The first-order valence-electron chi connectivity index (χ1n) is 8.15. The van der Waals surface area contributed by atoms with Crippen molar-refractivity contribution < 1.29 is 14.3 Å². The fraction of sp³-hybridized carbons (Fsp3) is 0.389. The van der Waals surface area contributed by atoms with Crippen LogP contribution in [0.5, 0.6) is 0 Å². The summed E-state index contributed by atoms with van der Waals surface area (Å²) in [5.41, 5.74) is 0.751. The standard InChI is InChI=1S/C18H20FN3O2/c1-22(14-5-3-2-4-6-14)17-15(18(23)24)11-20-16(21-17)12-7-9-13(19)10-8-12/h7-11,14H,2-6H2,1H3,(H,23,24). The van der Waals surface area contributed by atoms with Gasteiger partial charge in [-0.2, -0.15) is 0 Å². The van der Waals surface area contributed by atoms with E-state index in [0.717, 1.165) is 25.7 Å². The molecule has 0 atom stereocenters. The quantitative estimate of drug-likeness (QED) is 0.925. The summed E-state index contributed by atoms with van der Waals surface area (Å²) in [6, 6.07) is 6.15. The lowest BCUT2D eigenvalue weighted by molar-refractivity contribution is 0.0696. The van der Waals surface area contributed by atoms with E-state index in [1.165, 1.54) is 24.8 Å². The normalized spacial score (nSPS) is 15.2. The fourth-order valence-corrected chi connectivity index (χ4v) is 3.17. The molecule has 126 valence electrons. The van der Waals surface area contributed by atoms with E-state index < -0.39 is 5.97 Å². The molecule has 1 saturated carbocycles. The summed E-state index contributed by atoms with van der Waals surface area (Å²) < 4.78 is 13.1. The molecule has 1 heterocycles. The van der Waals surface area contributed by atoms with Gasteiger partial charge in [0.15, 0.2) is 5.82 Å². The Kier molecular flexibility index (Phi) is 4.74. The van der Waals surface area contributed by atoms with Crippen molar-refractivity contribution in [3.63, 3.8) is 0 Å². The summed E-state index contributed by atoms with van der Waals surface area (Å²) in [5.74, 6) is -0.555. The predicted octanol–water partition coefficient (Wildman–Crippen LogP) is 3.75. The lowest BCUT2D eigenvalue weighted by Crippen LogP contribution is -2.35. The number of aromatic nitrogens is 2.